The standard InChI is InChI=1S/C25H23ClN2O2S/c1-3-4-6-17-9-12-19(13-10-17)28-24(29)22(21-7-5-14-31-21)23(25(28)30)27-20-15-18(26)11-8-16(20)2/h5,7-15,27H,3-4,6H2,1-2H3. The largest absolute Gasteiger partial charge is 0.350 e. The Balaban J connectivity index is 1.72. The number of halogens is 1. The summed E-state index contributed by atoms with van der Waals surface area (Å²) in [5.41, 5.74) is 4.06. The summed E-state index contributed by atoms with van der Waals surface area (Å²) in [5, 5.41) is 5.65. The van der Waals surface area contributed by atoms with Gasteiger partial charge >= 0.3 is 0 Å². The molecule has 3 aromatic rings. The molecule has 0 bridgehead atoms. The molecule has 31 heavy (non-hydrogen) atoms. The van der Waals surface area contributed by atoms with E-state index in [1.54, 1.807) is 12.1 Å². The number of benzene rings is 2. The average Bonchev–Trinajstić information content (AvgIpc) is 3.36. The number of aryl methyl sites for hydroxylation is 2. The van der Waals surface area contributed by atoms with Crippen molar-refractivity contribution >= 4 is 51.7 Å². The molecule has 0 spiro atoms. The Kier molecular flexibility index (Phi) is 6.25. The molecular formula is C25H23ClN2O2S. The van der Waals surface area contributed by atoms with Gasteiger partial charge in [0, 0.05) is 15.6 Å². The zero-order valence-corrected chi connectivity index (χ0v) is 19.0. The highest BCUT2D eigenvalue weighted by atomic mass is 35.5. The smallest absolute Gasteiger partial charge is 0.282 e. The van der Waals surface area contributed by atoms with Crippen LogP contribution in [0.1, 0.15) is 35.8 Å². The number of carbonyl (C=O) groups excluding carboxylic acids is 2. The molecule has 6 heteroatoms. The maximum Gasteiger partial charge on any atom is 0.282 e. The SMILES string of the molecule is CCCCc1ccc(N2C(=O)C(Nc3cc(Cl)ccc3C)=C(c3cccs3)C2=O)cc1. The van der Waals surface area contributed by atoms with Crippen molar-refractivity contribution in [3.63, 3.8) is 0 Å². The summed E-state index contributed by atoms with van der Waals surface area (Å²) in [4.78, 5) is 28.9. The third-order valence-electron chi connectivity index (χ3n) is 5.32. The van der Waals surface area contributed by atoms with Crippen LogP contribution in [0.3, 0.4) is 0 Å². The van der Waals surface area contributed by atoms with Gasteiger partial charge in [0.25, 0.3) is 11.8 Å². The van der Waals surface area contributed by atoms with Gasteiger partial charge < -0.3 is 5.32 Å². The molecule has 2 heterocycles. The van der Waals surface area contributed by atoms with Crippen LogP contribution in [-0.4, -0.2) is 11.8 Å². The van der Waals surface area contributed by atoms with E-state index in [-0.39, 0.29) is 17.5 Å². The van der Waals surface area contributed by atoms with Gasteiger partial charge in [-0.25, -0.2) is 4.90 Å². The molecule has 4 nitrogen and oxygen atoms in total. The van der Waals surface area contributed by atoms with Crippen molar-refractivity contribution in [1.29, 1.82) is 0 Å². The monoisotopic (exact) mass is 450 g/mol. The maximum atomic E-state index is 13.4. The number of hydrogen-bond donors (Lipinski definition) is 1. The fraction of sp³-hybridized carbons (Fsp3) is 0.200. The van der Waals surface area contributed by atoms with Gasteiger partial charge in [0.15, 0.2) is 0 Å². The predicted molar refractivity (Wildman–Crippen MR) is 129 cm³/mol. The minimum absolute atomic E-state index is 0.271. The Labute approximate surface area is 191 Å². The number of carbonyl (C=O) groups is 2. The highest BCUT2D eigenvalue weighted by molar-refractivity contribution is 7.11. The summed E-state index contributed by atoms with van der Waals surface area (Å²) in [7, 11) is 0. The van der Waals surface area contributed by atoms with Crippen molar-refractivity contribution in [2.75, 3.05) is 10.2 Å². The van der Waals surface area contributed by atoms with Gasteiger partial charge in [0.05, 0.1) is 11.3 Å². The maximum absolute atomic E-state index is 13.4. The van der Waals surface area contributed by atoms with E-state index in [4.69, 9.17) is 11.6 Å². The van der Waals surface area contributed by atoms with Crippen LogP contribution in [0.5, 0.6) is 0 Å². The molecule has 0 radical (unpaired) electrons. The molecule has 1 aliphatic rings. The summed E-state index contributed by atoms with van der Waals surface area (Å²) in [6, 6.07) is 16.8. The first-order chi connectivity index (χ1) is 15.0. The number of nitrogens with zero attached hydrogens (tertiary/aromatic N) is 1. The number of unbranched alkanes of at least 4 members (excludes halogenated alkanes) is 1. The topological polar surface area (TPSA) is 49.4 Å². The first kappa shape index (κ1) is 21.3. The number of anilines is 2. The van der Waals surface area contributed by atoms with Crippen molar-refractivity contribution in [3.8, 4) is 0 Å². The summed E-state index contributed by atoms with van der Waals surface area (Å²) in [5.74, 6) is -0.690. The lowest BCUT2D eigenvalue weighted by molar-refractivity contribution is -0.120. The number of imide groups is 1. The van der Waals surface area contributed by atoms with Gasteiger partial charge in [-0.2, -0.15) is 0 Å². The second-order valence-electron chi connectivity index (χ2n) is 7.53. The summed E-state index contributed by atoms with van der Waals surface area (Å²) in [6.07, 6.45) is 3.22. The van der Waals surface area contributed by atoms with E-state index >= 15 is 0 Å². The third-order valence-corrected chi connectivity index (χ3v) is 6.45. The molecule has 4 rings (SSSR count). The highest BCUT2D eigenvalue weighted by Gasteiger charge is 2.40. The molecule has 0 saturated heterocycles. The van der Waals surface area contributed by atoms with Crippen LogP contribution >= 0.6 is 22.9 Å². The Morgan fingerprint density at radius 3 is 2.48 bits per heavy atom. The number of thiophene rings is 1. The molecule has 0 aliphatic carbocycles. The van der Waals surface area contributed by atoms with E-state index in [0.29, 0.717) is 22.0 Å². The Morgan fingerprint density at radius 2 is 1.81 bits per heavy atom. The normalized spacial score (nSPS) is 14.0. The van der Waals surface area contributed by atoms with E-state index in [9.17, 15) is 9.59 Å². The van der Waals surface area contributed by atoms with Crippen molar-refractivity contribution in [2.45, 2.75) is 33.1 Å². The highest BCUT2D eigenvalue weighted by Crippen LogP contribution is 2.36. The zero-order chi connectivity index (χ0) is 22.0. The molecular weight excluding hydrogens is 428 g/mol. The number of amides is 2. The molecule has 2 amide bonds. The molecule has 1 N–H and O–H groups in total. The lowest BCUT2D eigenvalue weighted by Gasteiger charge is -2.16. The van der Waals surface area contributed by atoms with Crippen molar-refractivity contribution < 1.29 is 9.59 Å². The molecule has 1 aromatic heterocycles. The van der Waals surface area contributed by atoms with Gasteiger partial charge in [0.1, 0.15) is 5.70 Å². The fourth-order valence-corrected chi connectivity index (χ4v) is 4.53. The minimum atomic E-state index is -0.367. The summed E-state index contributed by atoms with van der Waals surface area (Å²) >= 11 is 7.60. The second kappa shape index (κ2) is 9.08. The van der Waals surface area contributed by atoms with E-state index in [2.05, 4.69) is 12.2 Å². The van der Waals surface area contributed by atoms with Crippen LogP contribution in [0.25, 0.3) is 5.57 Å². The van der Waals surface area contributed by atoms with E-state index in [1.165, 1.54) is 21.8 Å². The molecule has 0 unspecified atom stereocenters. The first-order valence-electron chi connectivity index (χ1n) is 10.3. The van der Waals surface area contributed by atoms with E-state index in [0.717, 1.165) is 29.7 Å². The van der Waals surface area contributed by atoms with Gasteiger partial charge in [-0.1, -0.05) is 49.2 Å². The third kappa shape index (κ3) is 4.29. The Morgan fingerprint density at radius 1 is 1.03 bits per heavy atom. The Hall–Kier alpha value is -2.89. The van der Waals surface area contributed by atoms with Gasteiger partial charge in [-0.3, -0.25) is 9.59 Å². The van der Waals surface area contributed by atoms with Gasteiger partial charge in [-0.15, -0.1) is 11.3 Å². The number of hydrogen-bond acceptors (Lipinski definition) is 4. The summed E-state index contributed by atoms with van der Waals surface area (Å²) < 4.78 is 0. The molecule has 158 valence electrons. The van der Waals surface area contributed by atoms with Crippen LogP contribution in [0.15, 0.2) is 65.7 Å². The van der Waals surface area contributed by atoms with Crippen LogP contribution in [0, 0.1) is 6.92 Å². The molecule has 0 fully saturated rings. The minimum Gasteiger partial charge on any atom is -0.350 e. The van der Waals surface area contributed by atoms with E-state index < -0.39 is 0 Å². The lowest BCUT2D eigenvalue weighted by Crippen LogP contribution is -2.32. The van der Waals surface area contributed by atoms with Crippen LogP contribution in [0.4, 0.5) is 11.4 Å². The predicted octanol–water partition coefficient (Wildman–Crippen LogP) is 6.45. The number of rotatable bonds is 7. The summed E-state index contributed by atoms with van der Waals surface area (Å²) in [6.45, 7) is 4.09. The molecule has 1 aliphatic heterocycles. The van der Waals surface area contributed by atoms with Crippen LogP contribution in [-0.2, 0) is 16.0 Å². The van der Waals surface area contributed by atoms with Crippen molar-refractivity contribution in [1.82, 2.24) is 0 Å². The molecule has 0 atom stereocenters. The first-order valence-corrected chi connectivity index (χ1v) is 11.5. The number of nitrogens with one attached hydrogen (secondary N) is 1. The van der Waals surface area contributed by atoms with Crippen molar-refractivity contribution in [2.24, 2.45) is 0 Å². The fourth-order valence-electron chi connectivity index (χ4n) is 3.59. The zero-order valence-electron chi connectivity index (χ0n) is 17.4. The van der Waals surface area contributed by atoms with Gasteiger partial charge in [0.2, 0.25) is 0 Å². The van der Waals surface area contributed by atoms with E-state index in [1.807, 2.05) is 54.8 Å². The molecule has 2 aromatic carbocycles. The second-order valence-corrected chi connectivity index (χ2v) is 8.91. The van der Waals surface area contributed by atoms with Gasteiger partial charge in [-0.05, 0) is 66.6 Å². The van der Waals surface area contributed by atoms with Crippen LogP contribution < -0.4 is 10.2 Å². The molecule has 0 saturated carbocycles. The lowest BCUT2D eigenvalue weighted by atomic mass is 10.1. The average molecular weight is 451 g/mol. The van der Waals surface area contributed by atoms with Crippen molar-refractivity contribution in [3.05, 3.63) is 86.7 Å². The quantitative estimate of drug-likeness (QED) is 0.421. The van der Waals surface area contributed by atoms with Crippen LogP contribution in [0.2, 0.25) is 5.02 Å². The Bertz CT molecular complexity index is 1150.